The van der Waals surface area contributed by atoms with E-state index in [1.54, 1.807) is 6.20 Å². The molecule has 0 aliphatic carbocycles. The molecule has 0 atom stereocenters. The molecule has 0 saturated carbocycles. The van der Waals surface area contributed by atoms with Gasteiger partial charge in [-0.05, 0) is 43.7 Å². The van der Waals surface area contributed by atoms with Crippen molar-refractivity contribution in [2.45, 2.75) is 13.8 Å². The minimum absolute atomic E-state index is 0.863. The molecule has 0 radical (unpaired) electrons. The lowest BCUT2D eigenvalue weighted by molar-refractivity contribution is 0.895. The highest BCUT2D eigenvalue weighted by molar-refractivity contribution is 5.74. The summed E-state index contributed by atoms with van der Waals surface area (Å²) >= 11 is 0. The van der Waals surface area contributed by atoms with E-state index in [1.807, 2.05) is 33.2 Å². The van der Waals surface area contributed by atoms with Gasteiger partial charge in [-0.1, -0.05) is 30.4 Å². The van der Waals surface area contributed by atoms with Gasteiger partial charge in [0.1, 0.15) is 0 Å². The second-order valence-electron chi connectivity index (χ2n) is 3.74. The Labute approximate surface area is 104 Å². The molecule has 1 rings (SSSR count). The highest BCUT2D eigenvalue weighted by Gasteiger charge is 1.98. The normalized spacial score (nSPS) is 13.4. The standard InChI is InChI=1S/C15H20N2/c1-4-7-13(11-16-3)10-14(5-2)15-8-6-9-17-12-15/h4-10,12,16H,11H2,1-3H3/b7-4-,13-10+,14-5+. The van der Waals surface area contributed by atoms with Crippen LogP contribution in [-0.2, 0) is 0 Å². The van der Waals surface area contributed by atoms with E-state index in [0.29, 0.717) is 0 Å². The first-order chi connectivity index (χ1) is 8.31. The third-order valence-corrected chi connectivity index (χ3v) is 2.41. The molecule has 0 saturated heterocycles. The molecule has 0 aliphatic rings. The Kier molecular flexibility index (Phi) is 5.97. The van der Waals surface area contributed by atoms with Crippen molar-refractivity contribution < 1.29 is 0 Å². The summed E-state index contributed by atoms with van der Waals surface area (Å²) in [5, 5.41) is 3.17. The number of likely N-dealkylation sites (N-methyl/N-ethyl adjacent to an activating group) is 1. The molecule has 2 nitrogen and oxygen atoms in total. The molecule has 1 aromatic heterocycles. The highest BCUT2D eigenvalue weighted by Crippen LogP contribution is 2.16. The molecular formula is C15H20N2. The highest BCUT2D eigenvalue weighted by atomic mass is 14.8. The fourth-order valence-electron chi connectivity index (χ4n) is 1.64. The monoisotopic (exact) mass is 228 g/mol. The maximum absolute atomic E-state index is 4.15. The lowest BCUT2D eigenvalue weighted by Gasteiger charge is -2.05. The van der Waals surface area contributed by atoms with E-state index in [0.717, 1.165) is 12.1 Å². The second kappa shape index (κ2) is 7.58. The van der Waals surface area contributed by atoms with Gasteiger partial charge < -0.3 is 5.32 Å². The van der Waals surface area contributed by atoms with E-state index in [1.165, 1.54) is 11.1 Å². The minimum atomic E-state index is 0.863. The van der Waals surface area contributed by atoms with E-state index >= 15 is 0 Å². The number of aromatic nitrogens is 1. The summed E-state index contributed by atoms with van der Waals surface area (Å²) < 4.78 is 0. The molecule has 17 heavy (non-hydrogen) atoms. The summed E-state index contributed by atoms with van der Waals surface area (Å²) in [6.07, 6.45) is 12.2. The zero-order valence-electron chi connectivity index (χ0n) is 10.8. The summed E-state index contributed by atoms with van der Waals surface area (Å²) in [6.45, 7) is 4.94. The molecule has 1 heterocycles. The lowest BCUT2D eigenvalue weighted by atomic mass is 10.0. The molecule has 2 heteroatoms. The Morgan fingerprint density at radius 1 is 1.41 bits per heavy atom. The van der Waals surface area contributed by atoms with Crippen molar-refractivity contribution >= 4 is 5.57 Å². The minimum Gasteiger partial charge on any atom is -0.316 e. The number of rotatable bonds is 5. The first kappa shape index (κ1) is 13.4. The van der Waals surface area contributed by atoms with Gasteiger partial charge in [0.25, 0.3) is 0 Å². The van der Waals surface area contributed by atoms with Crippen LogP contribution in [0, 0.1) is 0 Å². The number of hydrogen-bond donors (Lipinski definition) is 1. The Hall–Kier alpha value is -1.67. The molecule has 0 fully saturated rings. The largest absolute Gasteiger partial charge is 0.316 e. The topological polar surface area (TPSA) is 24.9 Å². The predicted molar refractivity (Wildman–Crippen MR) is 74.7 cm³/mol. The Balaban J connectivity index is 2.99. The number of pyridine rings is 1. The van der Waals surface area contributed by atoms with Gasteiger partial charge in [-0.3, -0.25) is 4.98 Å². The predicted octanol–water partition coefficient (Wildman–Crippen LogP) is 3.21. The van der Waals surface area contributed by atoms with Crippen LogP contribution in [0.3, 0.4) is 0 Å². The van der Waals surface area contributed by atoms with Crippen molar-refractivity contribution in [3.63, 3.8) is 0 Å². The zero-order chi connectivity index (χ0) is 12.5. The molecule has 0 aliphatic heterocycles. The van der Waals surface area contributed by atoms with Crippen molar-refractivity contribution in [2.75, 3.05) is 13.6 Å². The van der Waals surface area contributed by atoms with Crippen LogP contribution in [0.4, 0.5) is 0 Å². The lowest BCUT2D eigenvalue weighted by Crippen LogP contribution is -2.09. The number of nitrogens with one attached hydrogen (secondary N) is 1. The van der Waals surface area contributed by atoms with Crippen molar-refractivity contribution in [3.8, 4) is 0 Å². The molecule has 0 amide bonds. The van der Waals surface area contributed by atoms with Gasteiger partial charge >= 0.3 is 0 Å². The Morgan fingerprint density at radius 2 is 2.24 bits per heavy atom. The molecule has 0 unspecified atom stereocenters. The Bertz CT molecular complexity index is 414. The fourth-order valence-corrected chi connectivity index (χ4v) is 1.64. The summed E-state index contributed by atoms with van der Waals surface area (Å²) in [4.78, 5) is 4.15. The first-order valence-corrected chi connectivity index (χ1v) is 5.86. The molecule has 0 aromatic carbocycles. The van der Waals surface area contributed by atoms with Gasteiger partial charge in [0.15, 0.2) is 0 Å². The van der Waals surface area contributed by atoms with Gasteiger partial charge in [-0.15, -0.1) is 0 Å². The van der Waals surface area contributed by atoms with E-state index in [-0.39, 0.29) is 0 Å². The maximum Gasteiger partial charge on any atom is 0.0346 e. The molecular weight excluding hydrogens is 208 g/mol. The third kappa shape index (κ3) is 4.37. The number of nitrogens with zero attached hydrogens (tertiary/aromatic N) is 1. The van der Waals surface area contributed by atoms with Gasteiger partial charge in [0.05, 0.1) is 0 Å². The molecule has 1 N–H and O–H groups in total. The van der Waals surface area contributed by atoms with Gasteiger partial charge in [-0.25, -0.2) is 0 Å². The van der Waals surface area contributed by atoms with Crippen molar-refractivity contribution in [3.05, 3.63) is 60.0 Å². The number of hydrogen-bond acceptors (Lipinski definition) is 2. The molecule has 90 valence electrons. The smallest absolute Gasteiger partial charge is 0.0346 e. The molecule has 0 bridgehead atoms. The molecule has 0 spiro atoms. The van der Waals surface area contributed by atoms with Crippen LogP contribution in [-0.4, -0.2) is 18.6 Å². The summed E-state index contributed by atoms with van der Waals surface area (Å²) in [7, 11) is 1.96. The van der Waals surface area contributed by atoms with E-state index in [2.05, 4.69) is 40.7 Å². The first-order valence-electron chi connectivity index (χ1n) is 5.86. The second-order valence-corrected chi connectivity index (χ2v) is 3.74. The maximum atomic E-state index is 4.15. The fraction of sp³-hybridized carbons (Fsp3) is 0.267. The number of allylic oxidation sites excluding steroid dienone is 4. The van der Waals surface area contributed by atoms with Crippen LogP contribution in [0.5, 0.6) is 0 Å². The summed E-state index contributed by atoms with van der Waals surface area (Å²) in [6, 6.07) is 4.03. The zero-order valence-corrected chi connectivity index (χ0v) is 10.8. The van der Waals surface area contributed by atoms with Crippen LogP contribution >= 0.6 is 0 Å². The quantitative estimate of drug-likeness (QED) is 0.783. The molecule has 1 aromatic rings. The van der Waals surface area contributed by atoms with Crippen LogP contribution in [0.1, 0.15) is 19.4 Å². The van der Waals surface area contributed by atoms with E-state index in [9.17, 15) is 0 Å². The van der Waals surface area contributed by atoms with Gasteiger partial charge in [-0.2, -0.15) is 0 Å². The van der Waals surface area contributed by atoms with Crippen LogP contribution in [0.2, 0.25) is 0 Å². The van der Waals surface area contributed by atoms with Crippen LogP contribution in [0.25, 0.3) is 5.57 Å². The van der Waals surface area contributed by atoms with E-state index < -0.39 is 0 Å². The van der Waals surface area contributed by atoms with Gasteiger partial charge in [0.2, 0.25) is 0 Å². The van der Waals surface area contributed by atoms with Crippen molar-refractivity contribution in [1.82, 2.24) is 10.3 Å². The average molecular weight is 228 g/mol. The SMILES string of the molecule is C\C=C/C(=C\C(=C/C)c1cccnc1)CNC. The van der Waals surface area contributed by atoms with Crippen LogP contribution < -0.4 is 5.32 Å². The van der Waals surface area contributed by atoms with Crippen molar-refractivity contribution in [1.29, 1.82) is 0 Å². The van der Waals surface area contributed by atoms with Crippen molar-refractivity contribution in [2.24, 2.45) is 0 Å². The summed E-state index contributed by atoms with van der Waals surface area (Å²) in [5.74, 6) is 0. The third-order valence-electron chi connectivity index (χ3n) is 2.41. The average Bonchev–Trinajstić information content (AvgIpc) is 2.37. The van der Waals surface area contributed by atoms with E-state index in [4.69, 9.17) is 0 Å². The van der Waals surface area contributed by atoms with Gasteiger partial charge in [0, 0.05) is 18.9 Å². The Morgan fingerprint density at radius 3 is 2.76 bits per heavy atom. The van der Waals surface area contributed by atoms with Crippen LogP contribution in [0.15, 0.2) is 54.4 Å². The summed E-state index contributed by atoms with van der Waals surface area (Å²) in [5.41, 5.74) is 3.60.